The summed E-state index contributed by atoms with van der Waals surface area (Å²) in [5.74, 6) is -0.514. The van der Waals surface area contributed by atoms with Crippen molar-refractivity contribution in [2.45, 2.75) is 141 Å². The van der Waals surface area contributed by atoms with Crippen molar-refractivity contribution in [3.63, 3.8) is 0 Å². The Balaban J connectivity index is 0.653. The van der Waals surface area contributed by atoms with Crippen LogP contribution in [0.25, 0.3) is 21.3 Å². The zero-order valence-corrected chi connectivity index (χ0v) is 48.4. The Morgan fingerprint density at radius 2 is 1.60 bits per heavy atom. The van der Waals surface area contributed by atoms with Gasteiger partial charge in [0.2, 0.25) is 23.6 Å². The molecule has 4 aliphatic rings. The van der Waals surface area contributed by atoms with E-state index in [0.717, 1.165) is 58.3 Å². The largest absolute Gasteiger partial charge is 0.491 e. The number of carbonyl (C=O) groups is 5. The smallest absolute Gasteiger partial charge is 0.258 e. The first-order valence-electron chi connectivity index (χ1n) is 28.8. The predicted octanol–water partition coefficient (Wildman–Crippen LogP) is 8.84. The number of aromatic nitrogens is 2. The van der Waals surface area contributed by atoms with Gasteiger partial charge in [0.1, 0.15) is 42.1 Å². The summed E-state index contributed by atoms with van der Waals surface area (Å²) in [6, 6.07) is 17.7. The second-order valence-corrected chi connectivity index (χ2v) is 24.3. The maximum atomic E-state index is 14.7. The number of piperidine rings is 1. The second kappa shape index (κ2) is 26.7. The number of hydrogen-bond donors (Lipinski definition) is 4. The molecule has 82 heavy (non-hydrogen) atoms. The quantitative estimate of drug-likeness (QED) is 0.0452. The molecule has 2 aliphatic carbocycles. The van der Waals surface area contributed by atoms with Gasteiger partial charge < -0.3 is 49.8 Å². The third kappa shape index (κ3) is 15.1. The third-order valence-electron chi connectivity index (χ3n) is 16.5. The van der Waals surface area contributed by atoms with E-state index < -0.39 is 47.0 Å². The van der Waals surface area contributed by atoms with Gasteiger partial charge in [0.05, 0.1) is 60.6 Å². The molecule has 2 saturated carbocycles. The molecule has 3 aromatic carbocycles. The molecule has 4 atom stereocenters. The predicted molar refractivity (Wildman–Crippen MR) is 307 cm³/mol. The molecule has 17 nitrogen and oxygen atoms in total. The van der Waals surface area contributed by atoms with Crippen LogP contribution in [0.3, 0.4) is 0 Å². The number of thiazole rings is 1. The van der Waals surface area contributed by atoms with Crippen LogP contribution in [-0.2, 0) is 40.0 Å². The Morgan fingerprint density at radius 1 is 0.878 bits per heavy atom. The normalized spacial score (nSPS) is 20.7. The number of nitrogens with one attached hydrogen (secondary N) is 3. The highest BCUT2D eigenvalue weighted by Crippen LogP contribution is 2.42. The minimum Gasteiger partial charge on any atom is -0.491 e. The molecule has 5 aromatic rings. The first-order chi connectivity index (χ1) is 39.3. The molecule has 2 aliphatic heterocycles. The SMILES string of the molecule is Cc1ncsc1-c1ccc(CNC(=O)[C@@H]2C[C@@H](O)CN2C(=O)[C@@H](NC(=O)C2(F)CC2)C(C)(C)C)c(OCCOCCOCCC(=O)N2CCC(Oc3ccc(NC(=O)[C@H](C)[C@H]4CC[C@@H](c5ccnc6ccc(F)cc65)CC4)cc3)CC2)c1. The number of β-amino-alcohol motifs (C(OH)–C–C–N with tert-alkyl or cyclic N) is 1. The molecule has 4 N–H and O–H groups in total. The van der Waals surface area contributed by atoms with Crippen LogP contribution in [0.2, 0.25) is 0 Å². The number of hydrogen-bond acceptors (Lipinski definition) is 13. The van der Waals surface area contributed by atoms with Crippen LogP contribution in [0.4, 0.5) is 14.5 Å². The van der Waals surface area contributed by atoms with E-state index in [4.69, 9.17) is 18.9 Å². The summed E-state index contributed by atoms with van der Waals surface area (Å²) in [6.07, 6.45) is 6.33. The Morgan fingerprint density at radius 3 is 2.29 bits per heavy atom. The van der Waals surface area contributed by atoms with E-state index in [1.54, 1.807) is 44.6 Å². The average molecular weight is 1150 g/mol. The molecule has 0 unspecified atom stereocenters. The first-order valence-corrected chi connectivity index (χ1v) is 29.7. The fourth-order valence-electron chi connectivity index (χ4n) is 11.4. The van der Waals surface area contributed by atoms with Gasteiger partial charge in [0, 0.05) is 74.2 Å². The van der Waals surface area contributed by atoms with E-state index in [0.29, 0.717) is 54.6 Å². The summed E-state index contributed by atoms with van der Waals surface area (Å²) in [6.45, 7) is 11.5. The average Bonchev–Trinajstić information content (AvgIpc) is 4.10. The minimum atomic E-state index is -1.99. The van der Waals surface area contributed by atoms with Crippen LogP contribution in [0.15, 0.2) is 78.4 Å². The van der Waals surface area contributed by atoms with E-state index in [9.17, 15) is 37.9 Å². The van der Waals surface area contributed by atoms with Gasteiger partial charge in [-0.3, -0.25) is 29.0 Å². The molecule has 20 heteroatoms. The van der Waals surface area contributed by atoms with Gasteiger partial charge in [-0.05, 0) is 128 Å². The van der Waals surface area contributed by atoms with Crippen molar-refractivity contribution in [2.24, 2.45) is 17.3 Å². The highest BCUT2D eigenvalue weighted by atomic mass is 32.1. The van der Waals surface area contributed by atoms with E-state index in [2.05, 4.69) is 25.9 Å². The van der Waals surface area contributed by atoms with Gasteiger partial charge in [-0.25, -0.2) is 13.8 Å². The van der Waals surface area contributed by atoms with Crippen molar-refractivity contribution in [1.82, 2.24) is 30.4 Å². The maximum Gasteiger partial charge on any atom is 0.258 e. The summed E-state index contributed by atoms with van der Waals surface area (Å²) in [5.41, 5.74) is 4.04. The molecule has 0 spiro atoms. The zero-order valence-electron chi connectivity index (χ0n) is 47.6. The Kier molecular flexibility index (Phi) is 19.6. The Hall–Kier alpha value is -6.61. The van der Waals surface area contributed by atoms with Crippen LogP contribution in [-0.4, -0.2) is 137 Å². The number of fused-ring (bicyclic) bond motifs is 1. The Labute approximate surface area is 482 Å². The molecule has 4 fully saturated rings. The van der Waals surface area contributed by atoms with Gasteiger partial charge >= 0.3 is 0 Å². The number of amides is 5. The summed E-state index contributed by atoms with van der Waals surface area (Å²) in [4.78, 5) is 79.8. The van der Waals surface area contributed by atoms with Gasteiger partial charge in [-0.1, -0.05) is 39.8 Å². The lowest BCUT2D eigenvalue weighted by Gasteiger charge is -2.35. The number of halogens is 2. The lowest BCUT2D eigenvalue weighted by Crippen LogP contribution is -2.59. The standard InChI is InChI=1S/C62H77F2N7O10S/c1-38(40-6-8-41(9-7-40)49-18-24-65-51-17-12-44(63)33-50(49)51)57(74)68-45-13-15-47(16-14-45)81-48-19-25-70(26-20-48)54(73)21-27-78-28-29-79-30-31-80-53-32-42(55-39(2)67-37-82-55)10-11-43(53)35-66-58(75)52-34-46(72)36-71(52)59(76)56(61(3,4)5)69-60(77)62(64)22-23-62/h10-18,24,32-33,37-38,40-41,46,48,52,56,72H,6-9,19-23,25-31,34-36H2,1-5H3,(H,66,75)(H,68,74)(H,69,77)/t38-,40-,41+,46-,52+,56-/m1/s1. The number of nitrogens with zero attached hydrogens (tertiary/aromatic N) is 4. The summed E-state index contributed by atoms with van der Waals surface area (Å²) in [5, 5.41) is 20.1. The summed E-state index contributed by atoms with van der Waals surface area (Å²) >= 11 is 1.50. The minimum absolute atomic E-state index is 0.00216. The summed E-state index contributed by atoms with van der Waals surface area (Å²) in [7, 11) is 0. The number of anilines is 1. The number of aliphatic hydroxyl groups is 1. The van der Waals surface area contributed by atoms with E-state index in [1.807, 2.05) is 67.3 Å². The van der Waals surface area contributed by atoms with Crippen LogP contribution >= 0.6 is 11.3 Å². The van der Waals surface area contributed by atoms with Gasteiger partial charge in [0.25, 0.3) is 5.91 Å². The van der Waals surface area contributed by atoms with Crippen molar-refractivity contribution in [1.29, 1.82) is 0 Å². The molecule has 5 amide bonds. The number of likely N-dealkylation sites (tertiary alicyclic amines) is 2. The number of aliphatic hydroxyl groups excluding tert-OH is 1. The van der Waals surface area contributed by atoms with Crippen molar-refractivity contribution in [3.05, 3.63) is 101 Å². The van der Waals surface area contributed by atoms with Crippen LogP contribution in [0.1, 0.15) is 115 Å². The molecule has 9 rings (SSSR count). The van der Waals surface area contributed by atoms with Crippen LogP contribution < -0.4 is 25.4 Å². The molecule has 2 aromatic heterocycles. The van der Waals surface area contributed by atoms with E-state index in [1.165, 1.54) is 22.3 Å². The lowest BCUT2D eigenvalue weighted by atomic mass is 9.73. The van der Waals surface area contributed by atoms with Gasteiger partial charge in [-0.15, -0.1) is 11.3 Å². The monoisotopic (exact) mass is 1150 g/mol. The van der Waals surface area contributed by atoms with Crippen molar-refractivity contribution >= 4 is 57.5 Å². The highest BCUT2D eigenvalue weighted by molar-refractivity contribution is 7.13. The number of rotatable bonds is 23. The van der Waals surface area contributed by atoms with Gasteiger partial charge in [-0.2, -0.15) is 0 Å². The molecule has 440 valence electrons. The molecular formula is C62H77F2N7O10S. The second-order valence-electron chi connectivity index (χ2n) is 23.4. The molecule has 0 bridgehead atoms. The number of benzene rings is 3. The molecule has 0 radical (unpaired) electrons. The van der Waals surface area contributed by atoms with Crippen molar-refractivity contribution < 1.29 is 56.8 Å². The van der Waals surface area contributed by atoms with Crippen molar-refractivity contribution in [2.75, 3.05) is 58.0 Å². The zero-order chi connectivity index (χ0) is 58.1. The molecule has 4 heterocycles. The van der Waals surface area contributed by atoms with Crippen LogP contribution in [0.5, 0.6) is 11.5 Å². The maximum absolute atomic E-state index is 14.7. The molecule has 2 saturated heterocycles. The molecular weight excluding hydrogens is 1070 g/mol. The number of ether oxygens (including phenoxy) is 4. The number of carbonyl (C=O) groups excluding carboxylic acids is 5. The number of pyridine rings is 1. The van der Waals surface area contributed by atoms with E-state index >= 15 is 0 Å². The third-order valence-corrected chi connectivity index (χ3v) is 17.5. The Bertz CT molecular complexity index is 3040. The van der Waals surface area contributed by atoms with Crippen molar-refractivity contribution in [3.8, 4) is 21.9 Å². The summed E-state index contributed by atoms with van der Waals surface area (Å²) < 4.78 is 52.8. The topological polar surface area (TPSA) is 211 Å². The van der Waals surface area contributed by atoms with E-state index in [-0.39, 0.29) is 107 Å². The highest BCUT2D eigenvalue weighted by Gasteiger charge is 2.53. The number of aryl methyl sites for hydroxylation is 1. The van der Waals surface area contributed by atoms with Crippen LogP contribution in [0, 0.1) is 30.0 Å². The fraction of sp³-hybridized carbons (Fsp3) is 0.532. The van der Waals surface area contributed by atoms with Gasteiger partial charge in [0.15, 0.2) is 5.67 Å². The first kappa shape index (κ1) is 60.0. The fourth-order valence-corrected chi connectivity index (χ4v) is 12.2. The number of alkyl halides is 1. The lowest BCUT2D eigenvalue weighted by molar-refractivity contribution is -0.145.